The van der Waals surface area contributed by atoms with Crippen molar-refractivity contribution < 1.29 is 14.6 Å². The molecular weight excluding hydrogens is 230 g/mol. The Balaban J connectivity index is 2.63. The number of hydrogen-bond acceptors (Lipinski definition) is 3. The van der Waals surface area contributed by atoms with Crippen LogP contribution in [0.5, 0.6) is 5.75 Å². The number of ether oxygens (including phenoxy) is 1. The summed E-state index contributed by atoms with van der Waals surface area (Å²) < 4.78 is 4.81. The van der Waals surface area contributed by atoms with Gasteiger partial charge in [-0.25, -0.2) is 4.79 Å². The predicted octanol–water partition coefficient (Wildman–Crippen LogP) is 2.79. The molecule has 94 valence electrons. The van der Waals surface area contributed by atoms with Crippen molar-refractivity contribution in [3.8, 4) is 16.9 Å². The van der Waals surface area contributed by atoms with Crippen LogP contribution in [0.4, 0.5) is 0 Å². The van der Waals surface area contributed by atoms with Gasteiger partial charge in [-0.3, -0.25) is 0 Å². The van der Waals surface area contributed by atoms with Crippen molar-refractivity contribution >= 4 is 5.97 Å². The lowest BCUT2D eigenvalue weighted by Gasteiger charge is -2.05. The number of benzene rings is 1. The summed E-state index contributed by atoms with van der Waals surface area (Å²) in [6, 6.07) is 6.74. The van der Waals surface area contributed by atoms with Crippen LogP contribution in [0.15, 0.2) is 24.3 Å². The second-order valence-electron chi connectivity index (χ2n) is 4.16. The van der Waals surface area contributed by atoms with E-state index in [1.54, 1.807) is 24.3 Å². The minimum absolute atomic E-state index is 0.197. The van der Waals surface area contributed by atoms with Gasteiger partial charge in [0.05, 0.1) is 12.7 Å². The molecule has 0 amide bonds. The third-order valence-electron chi connectivity index (χ3n) is 2.92. The van der Waals surface area contributed by atoms with Crippen LogP contribution < -0.4 is 0 Å². The lowest BCUT2D eigenvalue weighted by molar-refractivity contribution is 0.0601. The minimum atomic E-state index is -0.361. The van der Waals surface area contributed by atoms with Crippen LogP contribution in [-0.2, 0) is 4.74 Å². The largest absolute Gasteiger partial charge is 0.508 e. The lowest BCUT2D eigenvalue weighted by Crippen LogP contribution is -2.03. The van der Waals surface area contributed by atoms with Gasteiger partial charge in [0.25, 0.3) is 0 Å². The van der Waals surface area contributed by atoms with Gasteiger partial charge in [-0.15, -0.1) is 0 Å². The molecule has 4 heteroatoms. The molecule has 0 aliphatic heterocycles. The number of nitrogens with one attached hydrogen (secondary N) is 1. The Morgan fingerprint density at radius 2 is 1.78 bits per heavy atom. The summed E-state index contributed by atoms with van der Waals surface area (Å²) in [4.78, 5) is 15.0. The van der Waals surface area contributed by atoms with E-state index >= 15 is 0 Å². The number of phenols is 1. The van der Waals surface area contributed by atoms with Gasteiger partial charge < -0.3 is 14.8 Å². The van der Waals surface area contributed by atoms with Crippen molar-refractivity contribution in [1.82, 2.24) is 4.98 Å². The summed E-state index contributed by atoms with van der Waals surface area (Å²) in [6.45, 7) is 3.74. The number of aryl methyl sites for hydroxylation is 2. The third-order valence-corrected chi connectivity index (χ3v) is 2.92. The first kappa shape index (κ1) is 12.2. The zero-order valence-electron chi connectivity index (χ0n) is 10.6. The molecule has 4 nitrogen and oxygen atoms in total. The number of phenolic OH excluding ortho intramolecular Hbond substituents is 1. The van der Waals surface area contributed by atoms with Crippen LogP contribution in [0.3, 0.4) is 0 Å². The first-order chi connectivity index (χ1) is 8.54. The standard InChI is InChI=1S/C14H15NO3/c1-8-12(10-4-6-11(16)7-5-10)13(9(2)15-8)14(17)18-3/h4-7,15-16H,1-3H3. The lowest BCUT2D eigenvalue weighted by atomic mass is 10.0. The van der Waals surface area contributed by atoms with E-state index in [4.69, 9.17) is 4.74 Å². The molecule has 0 spiro atoms. The fourth-order valence-corrected chi connectivity index (χ4v) is 2.13. The number of aromatic nitrogens is 1. The fraction of sp³-hybridized carbons (Fsp3) is 0.214. The summed E-state index contributed by atoms with van der Waals surface area (Å²) >= 11 is 0. The number of hydrogen-bond donors (Lipinski definition) is 2. The van der Waals surface area contributed by atoms with E-state index in [1.165, 1.54) is 7.11 Å². The summed E-state index contributed by atoms with van der Waals surface area (Å²) in [6.07, 6.45) is 0. The van der Waals surface area contributed by atoms with Gasteiger partial charge >= 0.3 is 5.97 Å². The van der Waals surface area contributed by atoms with Gasteiger partial charge in [0.1, 0.15) is 5.75 Å². The number of methoxy groups -OCH3 is 1. The molecule has 0 aliphatic rings. The molecule has 0 aliphatic carbocycles. The molecule has 2 rings (SSSR count). The fourth-order valence-electron chi connectivity index (χ4n) is 2.13. The quantitative estimate of drug-likeness (QED) is 0.800. The van der Waals surface area contributed by atoms with Crippen molar-refractivity contribution in [1.29, 1.82) is 0 Å². The van der Waals surface area contributed by atoms with Gasteiger partial charge in [-0.1, -0.05) is 12.1 Å². The van der Waals surface area contributed by atoms with Crippen LogP contribution in [-0.4, -0.2) is 23.2 Å². The molecule has 18 heavy (non-hydrogen) atoms. The minimum Gasteiger partial charge on any atom is -0.508 e. The van der Waals surface area contributed by atoms with Gasteiger partial charge in [-0.05, 0) is 31.5 Å². The monoisotopic (exact) mass is 245 g/mol. The van der Waals surface area contributed by atoms with E-state index in [0.29, 0.717) is 5.56 Å². The molecule has 1 aromatic carbocycles. The molecule has 0 fully saturated rings. The second-order valence-corrected chi connectivity index (χ2v) is 4.16. The van der Waals surface area contributed by atoms with E-state index in [0.717, 1.165) is 22.5 Å². The van der Waals surface area contributed by atoms with E-state index in [-0.39, 0.29) is 11.7 Å². The number of rotatable bonds is 2. The highest BCUT2D eigenvalue weighted by Gasteiger charge is 2.20. The molecule has 2 aromatic rings. The normalized spacial score (nSPS) is 10.4. The number of aromatic amines is 1. The first-order valence-electron chi connectivity index (χ1n) is 5.61. The second kappa shape index (κ2) is 4.56. The van der Waals surface area contributed by atoms with Gasteiger partial charge in [-0.2, -0.15) is 0 Å². The molecule has 0 atom stereocenters. The molecule has 1 aromatic heterocycles. The van der Waals surface area contributed by atoms with Crippen molar-refractivity contribution in [3.05, 3.63) is 41.2 Å². The maximum atomic E-state index is 11.8. The zero-order valence-corrected chi connectivity index (χ0v) is 10.6. The summed E-state index contributed by atoms with van der Waals surface area (Å²) in [5, 5.41) is 9.30. The van der Waals surface area contributed by atoms with Crippen molar-refractivity contribution in [3.63, 3.8) is 0 Å². The maximum Gasteiger partial charge on any atom is 0.340 e. The molecule has 0 saturated carbocycles. The van der Waals surface area contributed by atoms with Gasteiger partial charge in [0, 0.05) is 17.0 Å². The van der Waals surface area contributed by atoms with Crippen molar-refractivity contribution in [2.24, 2.45) is 0 Å². The van der Waals surface area contributed by atoms with E-state index in [1.807, 2.05) is 13.8 Å². The predicted molar refractivity (Wildman–Crippen MR) is 68.7 cm³/mol. The summed E-state index contributed by atoms with van der Waals surface area (Å²) in [5.41, 5.74) is 3.91. The third kappa shape index (κ3) is 1.97. The molecule has 0 saturated heterocycles. The molecule has 0 unspecified atom stereocenters. The number of carbonyl (C=O) groups is 1. The Bertz CT molecular complexity index is 582. The number of carbonyl (C=O) groups excluding carboxylic acids is 1. The Morgan fingerprint density at radius 1 is 1.17 bits per heavy atom. The Kier molecular flexibility index (Phi) is 3.10. The zero-order chi connectivity index (χ0) is 13.3. The van der Waals surface area contributed by atoms with Crippen LogP contribution in [0.25, 0.3) is 11.1 Å². The number of aromatic hydroxyl groups is 1. The van der Waals surface area contributed by atoms with Crippen LogP contribution >= 0.6 is 0 Å². The van der Waals surface area contributed by atoms with E-state index in [9.17, 15) is 9.90 Å². The first-order valence-corrected chi connectivity index (χ1v) is 5.61. The smallest absolute Gasteiger partial charge is 0.340 e. The SMILES string of the molecule is COC(=O)c1c(C)[nH]c(C)c1-c1ccc(O)cc1. The van der Waals surface area contributed by atoms with Crippen molar-refractivity contribution in [2.45, 2.75) is 13.8 Å². The maximum absolute atomic E-state index is 11.8. The van der Waals surface area contributed by atoms with Crippen LogP contribution in [0.1, 0.15) is 21.7 Å². The molecule has 0 bridgehead atoms. The molecule has 2 N–H and O–H groups in total. The van der Waals surface area contributed by atoms with Crippen LogP contribution in [0.2, 0.25) is 0 Å². The highest BCUT2D eigenvalue weighted by atomic mass is 16.5. The van der Waals surface area contributed by atoms with Gasteiger partial charge in [0.15, 0.2) is 0 Å². The molecule has 1 heterocycles. The van der Waals surface area contributed by atoms with E-state index in [2.05, 4.69) is 4.98 Å². The summed E-state index contributed by atoms with van der Waals surface area (Å²) in [5.74, 6) is -0.164. The van der Waals surface area contributed by atoms with Gasteiger partial charge in [0.2, 0.25) is 0 Å². The Hall–Kier alpha value is -2.23. The topological polar surface area (TPSA) is 62.3 Å². The highest BCUT2D eigenvalue weighted by Crippen LogP contribution is 2.31. The molecular formula is C14H15NO3. The average molecular weight is 245 g/mol. The Labute approximate surface area is 105 Å². The van der Waals surface area contributed by atoms with Crippen molar-refractivity contribution in [2.75, 3.05) is 7.11 Å². The summed E-state index contributed by atoms with van der Waals surface area (Å²) in [7, 11) is 1.37. The van der Waals surface area contributed by atoms with Crippen LogP contribution in [0, 0.1) is 13.8 Å². The Morgan fingerprint density at radius 3 is 2.33 bits per heavy atom. The average Bonchev–Trinajstić information content (AvgIpc) is 2.64. The number of H-pyrrole nitrogens is 1. The molecule has 0 radical (unpaired) electrons. The van der Waals surface area contributed by atoms with E-state index < -0.39 is 0 Å². The highest BCUT2D eigenvalue weighted by molar-refractivity contribution is 5.99. The number of esters is 1.